The molecule has 0 saturated heterocycles. The molecule has 1 aromatic heterocycles. The Hall–Kier alpha value is -1.41. The summed E-state index contributed by atoms with van der Waals surface area (Å²) in [5.74, 6) is -1.18. The van der Waals surface area contributed by atoms with Crippen molar-refractivity contribution in [2.45, 2.75) is 25.7 Å². The number of hydrogen-bond donors (Lipinski definition) is 1. The molecule has 1 aromatic rings. The Morgan fingerprint density at radius 1 is 1.44 bits per heavy atom. The van der Waals surface area contributed by atoms with E-state index in [0.717, 1.165) is 4.31 Å². The second-order valence-electron chi connectivity index (χ2n) is 3.95. The number of nitrogens with zero attached hydrogens (tertiary/aromatic N) is 3. The van der Waals surface area contributed by atoms with Crippen molar-refractivity contribution in [3.63, 3.8) is 0 Å². The van der Waals surface area contributed by atoms with E-state index in [0.29, 0.717) is 11.4 Å². The predicted molar refractivity (Wildman–Crippen MR) is 64.8 cm³/mol. The number of likely N-dealkylation sites (N-methyl/N-ethyl adjacent to an activating group) is 1. The number of carboxylic acids is 1. The number of carboxylic acid groups (broad SMARTS) is 1. The fourth-order valence-electron chi connectivity index (χ4n) is 1.77. The molecule has 0 spiro atoms. The molecule has 1 heterocycles. The Labute approximate surface area is 106 Å². The lowest BCUT2D eigenvalue weighted by Gasteiger charge is -2.18. The summed E-state index contributed by atoms with van der Waals surface area (Å²) in [6, 6.07) is 0. The van der Waals surface area contributed by atoms with Crippen LogP contribution in [0.5, 0.6) is 0 Å². The van der Waals surface area contributed by atoms with E-state index in [4.69, 9.17) is 5.11 Å². The first kappa shape index (κ1) is 14.7. The van der Waals surface area contributed by atoms with Gasteiger partial charge >= 0.3 is 5.97 Å². The monoisotopic (exact) mass is 275 g/mol. The van der Waals surface area contributed by atoms with Crippen molar-refractivity contribution in [3.8, 4) is 0 Å². The van der Waals surface area contributed by atoms with Gasteiger partial charge in [-0.3, -0.25) is 9.48 Å². The third kappa shape index (κ3) is 2.54. The minimum Gasteiger partial charge on any atom is -0.480 e. The van der Waals surface area contributed by atoms with Gasteiger partial charge in [0.1, 0.15) is 11.4 Å². The zero-order valence-electron chi connectivity index (χ0n) is 10.8. The molecule has 0 unspecified atom stereocenters. The summed E-state index contributed by atoms with van der Waals surface area (Å²) in [6.07, 6.45) is 0. The molecule has 0 bridgehead atoms. The number of hydrogen-bond acceptors (Lipinski definition) is 4. The first-order valence-electron chi connectivity index (χ1n) is 5.44. The van der Waals surface area contributed by atoms with E-state index in [1.54, 1.807) is 27.8 Å². The molecule has 0 atom stereocenters. The maximum Gasteiger partial charge on any atom is 0.318 e. The number of sulfonamides is 1. The number of aliphatic carboxylic acids is 1. The zero-order chi connectivity index (χ0) is 14.1. The van der Waals surface area contributed by atoms with Gasteiger partial charge in [0.05, 0.1) is 11.4 Å². The Balaban J connectivity index is 3.31. The van der Waals surface area contributed by atoms with Crippen molar-refractivity contribution in [1.29, 1.82) is 0 Å². The maximum atomic E-state index is 12.4. The van der Waals surface area contributed by atoms with Gasteiger partial charge in [0.25, 0.3) is 0 Å². The van der Waals surface area contributed by atoms with Crippen molar-refractivity contribution in [1.82, 2.24) is 14.1 Å². The van der Waals surface area contributed by atoms with Crippen molar-refractivity contribution in [3.05, 3.63) is 11.4 Å². The van der Waals surface area contributed by atoms with Crippen LogP contribution in [0.1, 0.15) is 18.3 Å². The molecule has 0 aliphatic carbocycles. The normalized spacial score (nSPS) is 12.1. The number of carbonyl (C=O) groups is 1. The quantitative estimate of drug-likeness (QED) is 0.824. The third-order valence-corrected chi connectivity index (χ3v) is 4.88. The fourth-order valence-corrected chi connectivity index (χ4v) is 3.57. The molecule has 0 amide bonds. The molecular weight excluding hydrogens is 258 g/mol. The predicted octanol–water partition coefficient (Wildman–Crippen LogP) is 0.132. The van der Waals surface area contributed by atoms with Crippen LogP contribution in [-0.4, -0.2) is 46.7 Å². The highest BCUT2D eigenvalue weighted by atomic mass is 32.2. The molecule has 0 aromatic carbocycles. The van der Waals surface area contributed by atoms with Gasteiger partial charge in [-0.25, -0.2) is 8.42 Å². The minimum atomic E-state index is -3.82. The maximum absolute atomic E-state index is 12.4. The van der Waals surface area contributed by atoms with Crippen LogP contribution in [0.3, 0.4) is 0 Å². The van der Waals surface area contributed by atoms with Crippen LogP contribution >= 0.6 is 0 Å². The van der Waals surface area contributed by atoms with Crippen molar-refractivity contribution >= 4 is 16.0 Å². The van der Waals surface area contributed by atoms with E-state index in [9.17, 15) is 13.2 Å². The molecule has 102 valence electrons. The topological polar surface area (TPSA) is 92.5 Å². The van der Waals surface area contributed by atoms with Crippen LogP contribution in [0.4, 0.5) is 0 Å². The Morgan fingerprint density at radius 2 is 2.00 bits per heavy atom. The highest BCUT2D eigenvalue weighted by Crippen LogP contribution is 2.22. The standard InChI is InChI=1S/C10H17N3O4S/c1-5-13(6-9(14)15)18(16,17)10-7(2)11-12(4)8(10)3/h5-6H2,1-4H3,(H,14,15). The van der Waals surface area contributed by atoms with Gasteiger partial charge in [-0.15, -0.1) is 0 Å². The summed E-state index contributed by atoms with van der Waals surface area (Å²) in [7, 11) is -2.17. The molecular formula is C10H17N3O4S. The Kier molecular flexibility index (Phi) is 4.12. The van der Waals surface area contributed by atoms with Crippen LogP contribution in [-0.2, 0) is 21.9 Å². The summed E-state index contributed by atoms with van der Waals surface area (Å²) < 4.78 is 27.1. The molecule has 0 aliphatic heterocycles. The van der Waals surface area contributed by atoms with E-state index in [2.05, 4.69) is 5.10 Å². The van der Waals surface area contributed by atoms with E-state index in [-0.39, 0.29) is 11.4 Å². The van der Waals surface area contributed by atoms with Gasteiger partial charge in [0.15, 0.2) is 0 Å². The van der Waals surface area contributed by atoms with Gasteiger partial charge in [0, 0.05) is 13.6 Å². The van der Waals surface area contributed by atoms with Crippen LogP contribution in [0, 0.1) is 13.8 Å². The lowest BCUT2D eigenvalue weighted by Crippen LogP contribution is -2.36. The first-order valence-corrected chi connectivity index (χ1v) is 6.88. The van der Waals surface area contributed by atoms with Crippen LogP contribution in [0.25, 0.3) is 0 Å². The average Bonchev–Trinajstić information content (AvgIpc) is 2.49. The van der Waals surface area contributed by atoms with Gasteiger partial charge < -0.3 is 5.11 Å². The summed E-state index contributed by atoms with van der Waals surface area (Å²) in [5, 5.41) is 12.8. The summed E-state index contributed by atoms with van der Waals surface area (Å²) in [5.41, 5.74) is 0.871. The lowest BCUT2D eigenvalue weighted by atomic mass is 10.4. The highest BCUT2D eigenvalue weighted by molar-refractivity contribution is 7.89. The van der Waals surface area contributed by atoms with Gasteiger partial charge in [0.2, 0.25) is 10.0 Å². The van der Waals surface area contributed by atoms with Gasteiger partial charge in [-0.2, -0.15) is 9.40 Å². The van der Waals surface area contributed by atoms with E-state index in [1.807, 2.05) is 0 Å². The molecule has 0 radical (unpaired) electrons. The molecule has 0 aliphatic rings. The van der Waals surface area contributed by atoms with Crippen LogP contribution < -0.4 is 0 Å². The number of rotatable bonds is 5. The fraction of sp³-hybridized carbons (Fsp3) is 0.600. The molecule has 0 fully saturated rings. The van der Waals surface area contributed by atoms with Crippen molar-refractivity contribution < 1.29 is 18.3 Å². The molecule has 1 rings (SSSR count). The SMILES string of the molecule is CCN(CC(=O)O)S(=O)(=O)c1c(C)nn(C)c1C. The molecule has 7 nitrogen and oxygen atoms in total. The van der Waals surface area contributed by atoms with Gasteiger partial charge in [-0.1, -0.05) is 6.92 Å². The molecule has 18 heavy (non-hydrogen) atoms. The number of aromatic nitrogens is 2. The molecule has 1 N–H and O–H groups in total. The average molecular weight is 275 g/mol. The second kappa shape index (κ2) is 5.07. The van der Waals surface area contributed by atoms with Crippen molar-refractivity contribution in [2.75, 3.05) is 13.1 Å². The molecule has 0 saturated carbocycles. The smallest absolute Gasteiger partial charge is 0.318 e. The van der Waals surface area contributed by atoms with E-state index < -0.39 is 22.5 Å². The Bertz CT molecular complexity index is 562. The summed E-state index contributed by atoms with van der Waals surface area (Å²) in [4.78, 5) is 10.8. The van der Waals surface area contributed by atoms with Crippen LogP contribution in [0.15, 0.2) is 4.90 Å². The summed E-state index contributed by atoms with van der Waals surface area (Å²) in [6.45, 7) is 4.38. The van der Waals surface area contributed by atoms with E-state index >= 15 is 0 Å². The van der Waals surface area contributed by atoms with E-state index in [1.165, 1.54) is 4.68 Å². The number of aryl methyl sites for hydroxylation is 2. The zero-order valence-corrected chi connectivity index (χ0v) is 11.7. The highest BCUT2D eigenvalue weighted by Gasteiger charge is 2.30. The minimum absolute atomic E-state index is 0.0908. The van der Waals surface area contributed by atoms with Gasteiger partial charge in [-0.05, 0) is 13.8 Å². The molecule has 8 heteroatoms. The third-order valence-electron chi connectivity index (χ3n) is 2.70. The lowest BCUT2D eigenvalue weighted by molar-refractivity contribution is -0.137. The van der Waals surface area contributed by atoms with Crippen LogP contribution in [0.2, 0.25) is 0 Å². The van der Waals surface area contributed by atoms with Crippen molar-refractivity contribution in [2.24, 2.45) is 7.05 Å². The largest absolute Gasteiger partial charge is 0.480 e. The summed E-state index contributed by atoms with van der Waals surface area (Å²) >= 11 is 0. The second-order valence-corrected chi connectivity index (χ2v) is 5.82. The first-order chi connectivity index (χ1) is 8.21. The Morgan fingerprint density at radius 3 is 2.33 bits per heavy atom.